The number of tetrazole rings is 1. The molecule has 8 nitrogen and oxygen atoms in total. The van der Waals surface area contributed by atoms with E-state index >= 15 is 0 Å². The standard InChI is InChI=1S/C24H34N6O2/c1-16(2)22(23-26-27-28-30(23)20-7-5-4-6-8-20)29(11-12-31)15-19-14-18-10-9-17(3)13-21(18)25-24(19)32/h9-10,13-14,16,20,22,31H,4-8,11-12,15H2,1-3H3,(H,25,32)/t22-/m0/s1. The molecule has 0 bridgehead atoms. The third-order valence-corrected chi connectivity index (χ3v) is 6.57. The van der Waals surface area contributed by atoms with E-state index in [-0.39, 0.29) is 24.1 Å². The van der Waals surface area contributed by atoms with Gasteiger partial charge in [-0.2, -0.15) is 0 Å². The molecule has 8 heteroatoms. The number of nitrogens with zero attached hydrogens (tertiary/aromatic N) is 5. The number of aliphatic hydroxyl groups excluding tert-OH is 1. The Hall–Kier alpha value is -2.58. The minimum absolute atomic E-state index is 0.00110. The monoisotopic (exact) mass is 438 g/mol. The molecule has 2 aromatic heterocycles. The van der Waals surface area contributed by atoms with E-state index in [2.05, 4.69) is 39.3 Å². The lowest BCUT2D eigenvalue weighted by molar-refractivity contribution is 0.103. The second kappa shape index (κ2) is 9.92. The van der Waals surface area contributed by atoms with Crippen LogP contribution < -0.4 is 5.56 Å². The molecule has 0 radical (unpaired) electrons. The summed E-state index contributed by atoms with van der Waals surface area (Å²) in [6.45, 7) is 7.15. The smallest absolute Gasteiger partial charge is 0.252 e. The van der Waals surface area contributed by atoms with Crippen LogP contribution in [-0.4, -0.2) is 48.3 Å². The van der Waals surface area contributed by atoms with Crippen LogP contribution >= 0.6 is 0 Å². The molecule has 3 aromatic rings. The minimum Gasteiger partial charge on any atom is -0.395 e. The molecule has 1 aromatic carbocycles. The van der Waals surface area contributed by atoms with Crippen LogP contribution in [0, 0.1) is 12.8 Å². The summed E-state index contributed by atoms with van der Waals surface area (Å²) in [4.78, 5) is 18.0. The van der Waals surface area contributed by atoms with Crippen LogP contribution in [0.1, 0.15) is 75.0 Å². The van der Waals surface area contributed by atoms with E-state index in [1.54, 1.807) is 0 Å². The van der Waals surface area contributed by atoms with Crippen LogP contribution in [0.3, 0.4) is 0 Å². The van der Waals surface area contributed by atoms with Gasteiger partial charge in [0.1, 0.15) is 0 Å². The van der Waals surface area contributed by atoms with Crippen LogP contribution in [-0.2, 0) is 6.54 Å². The average molecular weight is 439 g/mol. The lowest BCUT2D eigenvalue weighted by Crippen LogP contribution is -2.38. The van der Waals surface area contributed by atoms with Crippen molar-refractivity contribution in [2.24, 2.45) is 5.92 Å². The first-order valence-corrected chi connectivity index (χ1v) is 11.7. The fourth-order valence-corrected chi connectivity index (χ4v) is 5.01. The number of aliphatic hydroxyl groups is 1. The summed E-state index contributed by atoms with van der Waals surface area (Å²) in [5, 5.41) is 23.7. The Morgan fingerprint density at radius 2 is 2.00 bits per heavy atom. The maximum Gasteiger partial charge on any atom is 0.252 e. The molecule has 1 atom stereocenters. The van der Waals surface area contributed by atoms with E-state index in [1.165, 1.54) is 19.3 Å². The molecule has 0 spiro atoms. The first-order valence-electron chi connectivity index (χ1n) is 11.7. The van der Waals surface area contributed by atoms with Gasteiger partial charge in [-0.1, -0.05) is 45.2 Å². The Balaban J connectivity index is 1.68. The number of pyridine rings is 1. The summed E-state index contributed by atoms with van der Waals surface area (Å²) in [5.74, 6) is 1.03. The zero-order valence-corrected chi connectivity index (χ0v) is 19.3. The van der Waals surface area contributed by atoms with E-state index in [1.807, 2.05) is 35.9 Å². The van der Waals surface area contributed by atoms with Crippen molar-refractivity contribution < 1.29 is 5.11 Å². The van der Waals surface area contributed by atoms with E-state index < -0.39 is 0 Å². The predicted octanol–water partition coefficient (Wildman–Crippen LogP) is 3.52. The topological polar surface area (TPSA) is 99.9 Å². The van der Waals surface area contributed by atoms with Crippen molar-refractivity contribution in [1.82, 2.24) is 30.1 Å². The molecule has 2 N–H and O–H groups in total. The van der Waals surface area contributed by atoms with Gasteiger partial charge in [-0.05, 0) is 59.2 Å². The molecular formula is C24H34N6O2. The van der Waals surface area contributed by atoms with Crippen molar-refractivity contribution in [2.45, 2.75) is 71.5 Å². The predicted molar refractivity (Wildman–Crippen MR) is 124 cm³/mol. The molecular weight excluding hydrogens is 404 g/mol. The molecule has 1 aliphatic carbocycles. The maximum absolute atomic E-state index is 12.9. The zero-order chi connectivity index (χ0) is 22.7. The van der Waals surface area contributed by atoms with Gasteiger partial charge in [0, 0.05) is 24.2 Å². The molecule has 1 saturated carbocycles. The summed E-state index contributed by atoms with van der Waals surface area (Å²) in [6, 6.07) is 8.24. The van der Waals surface area contributed by atoms with Gasteiger partial charge in [0.05, 0.1) is 18.7 Å². The number of aromatic amines is 1. The largest absolute Gasteiger partial charge is 0.395 e. The van der Waals surface area contributed by atoms with Gasteiger partial charge >= 0.3 is 0 Å². The zero-order valence-electron chi connectivity index (χ0n) is 19.3. The minimum atomic E-state index is -0.104. The Labute approximate surface area is 188 Å². The number of nitrogens with one attached hydrogen (secondary N) is 1. The first kappa shape index (κ1) is 22.6. The molecule has 32 heavy (non-hydrogen) atoms. The molecule has 0 saturated heterocycles. The quantitative estimate of drug-likeness (QED) is 0.558. The highest BCUT2D eigenvalue weighted by Crippen LogP contribution is 2.33. The lowest BCUT2D eigenvalue weighted by Gasteiger charge is -2.34. The summed E-state index contributed by atoms with van der Waals surface area (Å²) in [7, 11) is 0. The highest BCUT2D eigenvalue weighted by molar-refractivity contribution is 5.79. The van der Waals surface area contributed by atoms with Gasteiger partial charge in [-0.15, -0.1) is 5.10 Å². The summed E-state index contributed by atoms with van der Waals surface area (Å²) >= 11 is 0. The van der Waals surface area contributed by atoms with Crippen LogP contribution in [0.2, 0.25) is 0 Å². The molecule has 0 aliphatic heterocycles. The normalized spacial score (nSPS) is 16.3. The van der Waals surface area contributed by atoms with Crippen molar-refractivity contribution in [3.05, 3.63) is 51.6 Å². The van der Waals surface area contributed by atoms with E-state index in [4.69, 9.17) is 0 Å². The lowest BCUT2D eigenvalue weighted by atomic mass is 9.94. The third-order valence-electron chi connectivity index (χ3n) is 6.57. The third kappa shape index (κ3) is 4.76. The molecule has 1 aliphatic rings. The number of aryl methyl sites for hydroxylation is 1. The van der Waals surface area contributed by atoms with Gasteiger partial charge in [-0.25, -0.2) is 4.68 Å². The Morgan fingerprint density at radius 1 is 1.22 bits per heavy atom. The van der Waals surface area contributed by atoms with Gasteiger partial charge in [-0.3, -0.25) is 9.69 Å². The highest BCUT2D eigenvalue weighted by Gasteiger charge is 2.32. The highest BCUT2D eigenvalue weighted by atomic mass is 16.3. The Morgan fingerprint density at radius 3 is 2.72 bits per heavy atom. The number of fused-ring (bicyclic) bond motifs is 1. The number of hydrogen-bond acceptors (Lipinski definition) is 6. The van der Waals surface area contributed by atoms with Crippen molar-refractivity contribution >= 4 is 10.9 Å². The SMILES string of the molecule is Cc1ccc2cc(CN(CCO)[C@H](c3nnnn3C3CCCCC3)C(C)C)c(=O)[nH]c2c1. The number of benzene rings is 1. The van der Waals surface area contributed by atoms with Gasteiger partial charge in [0.15, 0.2) is 5.82 Å². The number of aromatic nitrogens is 5. The summed E-state index contributed by atoms with van der Waals surface area (Å²) in [5.41, 5.74) is 2.53. The van der Waals surface area contributed by atoms with Crippen LogP contribution in [0.4, 0.5) is 0 Å². The number of H-pyrrole nitrogens is 1. The molecule has 2 heterocycles. The summed E-state index contributed by atoms with van der Waals surface area (Å²) < 4.78 is 2.00. The van der Waals surface area contributed by atoms with Gasteiger partial charge in [0.2, 0.25) is 0 Å². The van der Waals surface area contributed by atoms with Gasteiger partial charge < -0.3 is 10.1 Å². The van der Waals surface area contributed by atoms with Crippen molar-refractivity contribution in [3.63, 3.8) is 0 Å². The molecule has 4 rings (SSSR count). The molecule has 0 unspecified atom stereocenters. The molecule has 1 fully saturated rings. The average Bonchev–Trinajstić information content (AvgIpc) is 3.24. The van der Waals surface area contributed by atoms with E-state index in [9.17, 15) is 9.90 Å². The van der Waals surface area contributed by atoms with Crippen LogP contribution in [0.5, 0.6) is 0 Å². The Kier molecular flexibility index (Phi) is 7.01. The van der Waals surface area contributed by atoms with Crippen molar-refractivity contribution in [2.75, 3.05) is 13.2 Å². The fraction of sp³-hybridized carbons (Fsp3) is 0.583. The second-order valence-corrected chi connectivity index (χ2v) is 9.37. The Bertz CT molecular complexity index is 1100. The van der Waals surface area contributed by atoms with Crippen molar-refractivity contribution in [3.8, 4) is 0 Å². The van der Waals surface area contributed by atoms with Crippen LogP contribution in [0.15, 0.2) is 29.1 Å². The van der Waals surface area contributed by atoms with Gasteiger partial charge in [0.25, 0.3) is 5.56 Å². The maximum atomic E-state index is 12.9. The van der Waals surface area contributed by atoms with Crippen molar-refractivity contribution in [1.29, 1.82) is 0 Å². The van der Waals surface area contributed by atoms with Crippen LogP contribution in [0.25, 0.3) is 10.9 Å². The molecule has 0 amide bonds. The van der Waals surface area contributed by atoms with E-state index in [0.717, 1.165) is 35.1 Å². The molecule has 172 valence electrons. The first-order chi connectivity index (χ1) is 15.5. The van der Waals surface area contributed by atoms with E-state index in [0.29, 0.717) is 24.7 Å². The fourth-order valence-electron chi connectivity index (χ4n) is 5.01. The summed E-state index contributed by atoms with van der Waals surface area (Å²) in [6.07, 6.45) is 5.84. The second-order valence-electron chi connectivity index (χ2n) is 9.37. The number of rotatable bonds is 8. The number of hydrogen-bond donors (Lipinski definition) is 2.